The van der Waals surface area contributed by atoms with Gasteiger partial charge >= 0.3 is 0 Å². The Balaban J connectivity index is 1.59. The molecule has 0 unspecified atom stereocenters. The van der Waals surface area contributed by atoms with E-state index in [9.17, 15) is 18.8 Å². The van der Waals surface area contributed by atoms with Crippen LogP contribution in [-0.4, -0.2) is 17.6 Å². The molecule has 1 aliphatic heterocycles. The molecule has 150 valence electrons. The average Bonchev–Trinajstić information content (AvgIpc) is 3.03. The summed E-state index contributed by atoms with van der Waals surface area (Å²) in [5.74, 6) is -2.37. The Morgan fingerprint density at radius 3 is 1.67 bits per heavy atom. The number of anilines is 2. The van der Waals surface area contributed by atoms with Gasteiger partial charge in [0, 0.05) is 12.0 Å². The van der Waals surface area contributed by atoms with Gasteiger partial charge in [0.2, 0.25) is 0 Å². The number of hydrogen-bond acceptors (Lipinski definition) is 3. The highest BCUT2D eigenvalue weighted by Gasteiger charge is 2.46. The Morgan fingerprint density at radius 1 is 0.733 bits per heavy atom. The molecule has 2 amide bonds. The Kier molecular flexibility index (Phi) is 5.39. The summed E-state index contributed by atoms with van der Waals surface area (Å²) >= 11 is 0. The molecule has 6 heteroatoms. The first-order valence-electron chi connectivity index (χ1n) is 9.63. The molecule has 0 atom stereocenters. The number of para-hydroxylation sites is 2. The second-order valence-electron chi connectivity index (χ2n) is 6.99. The lowest BCUT2D eigenvalue weighted by molar-refractivity contribution is -0.127. The van der Waals surface area contributed by atoms with Crippen LogP contribution in [0.1, 0.15) is 23.2 Å². The highest BCUT2D eigenvalue weighted by Crippen LogP contribution is 2.33. The van der Waals surface area contributed by atoms with Crippen LogP contribution in [0.3, 0.4) is 0 Å². The smallest absolute Gasteiger partial charge is 0.258 e. The zero-order valence-electron chi connectivity index (χ0n) is 16.1. The first-order valence-corrected chi connectivity index (χ1v) is 9.63. The molecule has 0 N–H and O–H groups in total. The van der Waals surface area contributed by atoms with Crippen molar-refractivity contribution in [3.05, 3.63) is 96.3 Å². The minimum Gasteiger partial charge on any atom is -0.294 e. The number of rotatable bonds is 6. The van der Waals surface area contributed by atoms with Gasteiger partial charge in [-0.05, 0) is 55.0 Å². The highest BCUT2D eigenvalue weighted by atomic mass is 19.1. The zero-order valence-corrected chi connectivity index (χ0v) is 16.1. The van der Waals surface area contributed by atoms with Gasteiger partial charge in [-0.15, -0.1) is 0 Å². The van der Waals surface area contributed by atoms with Gasteiger partial charge in [-0.2, -0.15) is 0 Å². The summed E-state index contributed by atoms with van der Waals surface area (Å²) in [7, 11) is 0. The van der Waals surface area contributed by atoms with Crippen molar-refractivity contribution < 1.29 is 18.8 Å². The largest absolute Gasteiger partial charge is 0.294 e. The number of amides is 2. The molecule has 1 aliphatic rings. The van der Waals surface area contributed by atoms with Crippen LogP contribution in [0.25, 0.3) is 0 Å². The molecular formula is C24H19FN2O3. The first kappa shape index (κ1) is 19.5. The minimum atomic E-state index is -0.963. The molecule has 1 fully saturated rings. The maximum Gasteiger partial charge on any atom is 0.258 e. The molecule has 0 spiro atoms. The number of carbonyl (C=O) groups excluding carboxylic acids is 3. The van der Waals surface area contributed by atoms with Crippen LogP contribution in [0.4, 0.5) is 15.8 Å². The van der Waals surface area contributed by atoms with Crippen LogP contribution >= 0.6 is 0 Å². The van der Waals surface area contributed by atoms with Gasteiger partial charge in [0.15, 0.2) is 5.78 Å². The molecule has 3 aromatic carbocycles. The number of Topliss-reactive ketones (excluding diaryl/α,β-unsaturated/α-hetero) is 1. The first-order chi connectivity index (χ1) is 14.6. The third-order valence-electron chi connectivity index (χ3n) is 5.04. The molecule has 5 nitrogen and oxygen atoms in total. The molecule has 1 saturated heterocycles. The molecule has 3 aromatic rings. The van der Waals surface area contributed by atoms with Crippen LogP contribution in [0, 0.1) is 11.7 Å². The predicted octanol–water partition coefficient (Wildman–Crippen LogP) is 4.40. The summed E-state index contributed by atoms with van der Waals surface area (Å²) in [6.45, 7) is 0. The van der Waals surface area contributed by atoms with Crippen molar-refractivity contribution in [2.45, 2.75) is 12.8 Å². The van der Waals surface area contributed by atoms with Crippen molar-refractivity contribution in [1.82, 2.24) is 0 Å². The van der Waals surface area contributed by atoms with Crippen molar-refractivity contribution in [2.75, 3.05) is 10.0 Å². The van der Waals surface area contributed by atoms with E-state index in [1.54, 1.807) is 48.5 Å². The second-order valence-corrected chi connectivity index (χ2v) is 6.99. The third-order valence-corrected chi connectivity index (χ3v) is 5.04. The Bertz CT molecular complexity index is 1010. The van der Waals surface area contributed by atoms with Crippen molar-refractivity contribution in [3.8, 4) is 0 Å². The number of nitrogens with zero attached hydrogens (tertiary/aromatic N) is 2. The number of hydrogen-bond donors (Lipinski definition) is 0. The number of carbonyl (C=O) groups is 3. The molecule has 0 aromatic heterocycles. The Morgan fingerprint density at radius 2 is 1.20 bits per heavy atom. The standard InChI is InChI=1S/C24H19FN2O3/c25-18-13-11-17(12-14-18)22(28)16-15-21-23(29)26(19-7-3-1-4-8-19)27(24(21)30)20-9-5-2-6-10-20/h1-14,21H,15-16H2. The van der Waals surface area contributed by atoms with E-state index in [0.29, 0.717) is 16.9 Å². The summed E-state index contributed by atoms with van der Waals surface area (Å²) in [6.07, 6.45) is 0.0968. The molecule has 0 bridgehead atoms. The number of halogens is 1. The highest BCUT2D eigenvalue weighted by molar-refractivity contribution is 6.23. The van der Waals surface area contributed by atoms with E-state index < -0.39 is 11.7 Å². The van der Waals surface area contributed by atoms with Crippen LogP contribution in [0.2, 0.25) is 0 Å². The molecular weight excluding hydrogens is 383 g/mol. The third kappa shape index (κ3) is 3.72. The fraction of sp³-hybridized carbons (Fsp3) is 0.125. The number of hydrazine groups is 1. The van der Waals surface area contributed by atoms with E-state index in [1.165, 1.54) is 34.3 Å². The van der Waals surface area contributed by atoms with Crippen LogP contribution < -0.4 is 10.0 Å². The van der Waals surface area contributed by atoms with Crippen LogP contribution in [0.15, 0.2) is 84.9 Å². The van der Waals surface area contributed by atoms with Gasteiger partial charge in [-0.3, -0.25) is 14.4 Å². The molecule has 1 heterocycles. The van der Waals surface area contributed by atoms with Crippen molar-refractivity contribution in [1.29, 1.82) is 0 Å². The summed E-state index contributed by atoms with van der Waals surface area (Å²) in [5.41, 5.74) is 1.51. The minimum absolute atomic E-state index is 0.0129. The van der Waals surface area contributed by atoms with E-state index in [1.807, 2.05) is 12.1 Å². The van der Waals surface area contributed by atoms with Crippen molar-refractivity contribution >= 4 is 29.0 Å². The molecule has 0 radical (unpaired) electrons. The van der Waals surface area contributed by atoms with Crippen LogP contribution in [-0.2, 0) is 9.59 Å². The Hall–Kier alpha value is -3.80. The fourth-order valence-corrected chi connectivity index (χ4v) is 3.52. The van der Waals surface area contributed by atoms with Gasteiger partial charge in [0.05, 0.1) is 11.4 Å². The predicted molar refractivity (Wildman–Crippen MR) is 111 cm³/mol. The second kappa shape index (κ2) is 8.29. The zero-order chi connectivity index (χ0) is 21.1. The van der Waals surface area contributed by atoms with Gasteiger partial charge in [0.25, 0.3) is 11.8 Å². The summed E-state index contributed by atoms with van der Waals surface area (Å²) < 4.78 is 13.1. The molecule has 0 aliphatic carbocycles. The van der Waals surface area contributed by atoms with E-state index in [0.717, 1.165) is 0 Å². The van der Waals surface area contributed by atoms with E-state index in [2.05, 4.69) is 0 Å². The lowest BCUT2D eigenvalue weighted by Gasteiger charge is -2.27. The van der Waals surface area contributed by atoms with Gasteiger partial charge in [-0.1, -0.05) is 36.4 Å². The lowest BCUT2D eigenvalue weighted by atomic mass is 9.98. The SMILES string of the molecule is O=C(CCC1C(=O)N(c2ccccc2)N(c2ccccc2)C1=O)c1ccc(F)cc1. The fourth-order valence-electron chi connectivity index (χ4n) is 3.52. The van der Waals surface area contributed by atoms with E-state index in [-0.39, 0.29) is 30.4 Å². The van der Waals surface area contributed by atoms with Crippen LogP contribution in [0.5, 0.6) is 0 Å². The van der Waals surface area contributed by atoms with Crippen molar-refractivity contribution in [2.24, 2.45) is 5.92 Å². The summed E-state index contributed by atoms with van der Waals surface area (Å²) in [5, 5.41) is 2.73. The summed E-state index contributed by atoms with van der Waals surface area (Å²) in [6, 6.07) is 23.1. The summed E-state index contributed by atoms with van der Waals surface area (Å²) in [4.78, 5) is 38.8. The maximum absolute atomic E-state index is 13.2. The van der Waals surface area contributed by atoms with E-state index >= 15 is 0 Å². The molecule has 30 heavy (non-hydrogen) atoms. The Labute approximate surface area is 173 Å². The quantitative estimate of drug-likeness (QED) is 0.454. The molecule has 4 rings (SSSR count). The monoisotopic (exact) mass is 402 g/mol. The van der Waals surface area contributed by atoms with E-state index in [4.69, 9.17) is 0 Å². The maximum atomic E-state index is 13.2. The number of benzene rings is 3. The van der Waals surface area contributed by atoms with Gasteiger partial charge < -0.3 is 0 Å². The van der Waals surface area contributed by atoms with Crippen molar-refractivity contribution in [3.63, 3.8) is 0 Å². The number of ketones is 1. The van der Waals surface area contributed by atoms with Gasteiger partial charge in [-0.25, -0.2) is 14.4 Å². The lowest BCUT2D eigenvalue weighted by Crippen LogP contribution is -2.41. The topological polar surface area (TPSA) is 57.7 Å². The average molecular weight is 402 g/mol. The normalized spacial score (nSPS) is 14.4. The molecule has 0 saturated carbocycles. The van der Waals surface area contributed by atoms with Gasteiger partial charge in [0.1, 0.15) is 11.7 Å².